The highest BCUT2D eigenvalue weighted by atomic mass is 15.0. The lowest BCUT2D eigenvalue weighted by Gasteiger charge is -2.29. The van der Waals surface area contributed by atoms with Gasteiger partial charge in [-0.3, -0.25) is 9.98 Å². The molecule has 7 aliphatic rings. The molecule has 8 bridgehead atoms. The summed E-state index contributed by atoms with van der Waals surface area (Å²) < 4.78 is 0. The van der Waals surface area contributed by atoms with Crippen LogP contribution in [0.3, 0.4) is 0 Å². The SMILES string of the molecule is C1=CC2C3=NC(=C(/c4ccccc4)c4[nH]c(c5ccccc45)C(c4ccccc4)C4N=C(/C(c5ccccc5)=C5\N/C(=C\3c3ccccc3)C3C=CC=CC53)C3C=CC=CC34)/C2C=C1. The molecule has 0 amide bonds. The van der Waals surface area contributed by atoms with E-state index in [0.29, 0.717) is 0 Å². The number of hydrogen-bond acceptors (Lipinski definition) is 3. The quantitative estimate of drug-likeness (QED) is 0.183. The summed E-state index contributed by atoms with van der Waals surface area (Å²) in [6.45, 7) is 0. The Balaban J connectivity index is 1.21. The van der Waals surface area contributed by atoms with Gasteiger partial charge >= 0.3 is 0 Å². The molecule has 64 heavy (non-hydrogen) atoms. The topological polar surface area (TPSA) is 52.5 Å². The molecule has 4 heteroatoms. The molecule has 8 unspecified atom stereocenters. The molecule has 1 saturated heterocycles. The van der Waals surface area contributed by atoms with Gasteiger partial charge in [-0.05, 0) is 22.3 Å². The van der Waals surface area contributed by atoms with Crippen molar-refractivity contribution in [1.82, 2.24) is 10.3 Å². The minimum absolute atomic E-state index is 0.0241. The minimum Gasteiger partial charge on any atom is -0.360 e. The Morgan fingerprint density at radius 1 is 0.406 bits per heavy atom. The van der Waals surface area contributed by atoms with Crippen molar-refractivity contribution >= 4 is 38.9 Å². The van der Waals surface area contributed by atoms with Crippen molar-refractivity contribution in [2.75, 3.05) is 0 Å². The van der Waals surface area contributed by atoms with Crippen molar-refractivity contribution in [3.05, 3.63) is 269 Å². The van der Waals surface area contributed by atoms with Gasteiger partial charge in [0, 0.05) is 86.0 Å². The van der Waals surface area contributed by atoms with Gasteiger partial charge in [-0.25, -0.2) is 0 Å². The minimum atomic E-state index is -0.0978. The number of rotatable bonds is 4. The second kappa shape index (κ2) is 15.1. The van der Waals surface area contributed by atoms with Crippen molar-refractivity contribution in [2.45, 2.75) is 12.0 Å². The lowest BCUT2D eigenvalue weighted by molar-refractivity contribution is 0.456. The number of nitrogens with one attached hydrogen (secondary N) is 2. The highest BCUT2D eigenvalue weighted by Crippen LogP contribution is 2.53. The molecule has 0 spiro atoms. The van der Waals surface area contributed by atoms with Gasteiger partial charge in [0.2, 0.25) is 0 Å². The monoisotopic (exact) mass is 822 g/mol. The Kier molecular flexibility index (Phi) is 8.72. The normalized spacial score (nSPS) is 30.5. The number of hydrogen-bond donors (Lipinski definition) is 2. The third-order valence-corrected chi connectivity index (χ3v) is 14.6. The first-order valence-corrected chi connectivity index (χ1v) is 22.8. The van der Waals surface area contributed by atoms with Gasteiger partial charge in [0.05, 0.1) is 28.9 Å². The first kappa shape index (κ1) is 37.0. The molecule has 4 aliphatic carbocycles. The summed E-state index contributed by atoms with van der Waals surface area (Å²) in [6.07, 6.45) is 27.8. The van der Waals surface area contributed by atoms with Crippen LogP contribution in [0.1, 0.15) is 39.6 Å². The number of nitrogens with zero attached hydrogens (tertiary/aromatic N) is 2. The molecule has 4 nitrogen and oxygen atoms in total. The summed E-state index contributed by atoms with van der Waals surface area (Å²) in [5, 5.41) is 6.68. The maximum Gasteiger partial charge on any atom is 0.0699 e. The fraction of sp³-hybridized carbons (Fsp3) is 0.133. The van der Waals surface area contributed by atoms with Gasteiger partial charge in [0.15, 0.2) is 0 Å². The smallest absolute Gasteiger partial charge is 0.0699 e. The van der Waals surface area contributed by atoms with Crippen LogP contribution in [0.4, 0.5) is 0 Å². The molecule has 0 radical (unpaired) electrons. The molecule has 8 atom stereocenters. The zero-order chi connectivity index (χ0) is 42.1. The number of allylic oxidation sites excluding steroid dienone is 13. The van der Waals surface area contributed by atoms with E-state index in [-0.39, 0.29) is 47.5 Å². The van der Waals surface area contributed by atoms with Gasteiger partial charge in [-0.1, -0.05) is 219 Å². The van der Waals surface area contributed by atoms with Crippen LogP contribution >= 0.6 is 0 Å². The predicted octanol–water partition coefficient (Wildman–Crippen LogP) is 12.9. The van der Waals surface area contributed by atoms with Crippen LogP contribution < -0.4 is 5.32 Å². The van der Waals surface area contributed by atoms with Crippen LogP contribution in [0.2, 0.25) is 0 Å². The fourth-order valence-electron chi connectivity index (χ4n) is 11.8. The van der Waals surface area contributed by atoms with Crippen LogP contribution in [0.15, 0.2) is 246 Å². The molecule has 306 valence electrons. The molecule has 1 aromatic heterocycles. The number of H-pyrrole nitrogens is 1. The maximum atomic E-state index is 6.11. The van der Waals surface area contributed by atoms with Crippen molar-refractivity contribution in [3.8, 4) is 0 Å². The van der Waals surface area contributed by atoms with Gasteiger partial charge < -0.3 is 10.3 Å². The van der Waals surface area contributed by atoms with Crippen LogP contribution in [-0.4, -0.2) is 22.4 Å². The van der Waals surface area contributed by atoms with E-state index in [0.717, 1.165) is 39.5 Å². The van der Waals surface area contributed by atoms with E-state index < -0.39 is 0 Å². The zero-order valence-corrected chi connectivity index (χ0v) is 35.3. The average Bonchev–Trinajstić information content (AvgIpc) is 4.14. The van der Waals surface area contributed by atoms with E-state index in [2.05, 4.69) is 229 Å². The van der Waals surface area contributed by atoms with E-state index in [4.69, 9.17) is 9.98 Å². The van der Waals surface area contributed by atoms with E-state index in [9.17, 15) is 0 Å². The molecule has 0 saturated carbocycles. The van der Waals surface area contributed by atoms with Crippen molar-refractivity contribution in [3.63, 3.8) is 0 Å². The molecule has 5 aromatic carbocycles. The molecule has 4 heterocycles. The van der Waals surface area contributed by atoms with Crippen molar-refractivity contribution in [2.24, 2.45) is 45.5 Å². The lowest BCUT2D eigenvalue weighted by atomic mass is 9.74. The Morgan fingerprint density at radius 2 is 0.891 bits per heavy atom. The summed E-state index contributed by atoms with van der Waals surface area (Å²) in [6, 6.07) is 52.9. The van der Waals surface area contributed by atoms with Gasteiger partial charge in [-0.2, -0.15) is 0 Å². The Hall–Kier alpha value is -7.56. The number of aromatic nitrogens is 1. The zero-order valence-electron chi connectivity index (χ0n) is 35.3. The standard InChI is InChI=1S/C60H46N4/c1-5-21-37(22-6-1)49-53-41-29-13-15-31-43(41)55(61-53)50(38-23-7-2-8-24-38)57-45-33-17-19-35-47(45)59(63-57)52(40-27-11-4-12-28-40)60-48-36-20-18-34-46(48)58(64-60)51(39-25-9-3-10-26-39)56-44-32-16-14-30-42(44)54(49)62-56/h1-36,41-45,47,51,56,61,64H/b53-49-,55-50-,59-52-. The fourth-order valence-corrected chi connectivity index (χ4v) is 11.8. The van der Waals surface area contributed by atoms with E-state index in [1.807, 2.05) is 0 Å². The summed E-state index contributed by atoms with van der Waals surface area (Å²) in [7, 11) is 0. The van der Waals surface area contributed by atoms with Gasteiger partial charge in [0.1, 0.15) is 0 Å². The molecule has 3 aliphatic heterocycles. The number of aliphatic imine (C=N–C) groups is 2. The molecular weight excluding hydrogens is 777 g/mol. The number of benzene rings is 5. The summed E-state index contributed by atoms with van der Waals surface area (Å²) in [5.74, 6) is 0.323. The Morgan fingerprint density at radius 3 is 1.52 bits per heavy atom. The van der Waals surface area contributed by atoms with E-state index in [1.54, 1.807) is 0 Å². The molecule has 1 fully saturated rings. The highest BCUT2D eigenvalue weighted by Gasteiger charge is 2.48. The second-order valence-electron chi connectivity index (χ2n) is 17.9. The lowest BCUT2D eigenvalue weighted by Crippen LogP contribution is -2.28. The summed E-state index contributed by atoms with van der Waals surface area (Å²) in [4.78, 5) is 16.4. The van der Waals surface area contributed by atoms with Crippen LogP contribution in [-0.2, 0) is 0 Å². The average molecular weight is 823 g/mol. The van der Waals surface area contributed by atoms with E-state index in [1.165, 1.54) is 50.1 Å². The largest absolute Gasteiger partial charge is 0.360 e. The van der Waals surface area contributed by atoms with Gasteiger partial charge in [0.25, 0.3) is 0 Å². The molecular formula is C60H46N4. The number of aromatic amines is 1. The summed E-state index contributed by atoms with van der Waals surface area (Å²) in [5.41, 5.74) is 16.3. The molecule has 2 N–H and O–H groups in total. The predicted molar refractivity (Wildman–Crippen MR) is 263 cm³/mol. The Bertz CT molecular complexity index is 3200. The first-order chi connectivity index (χ1) is 31.8. The Labute approximate surface area is 374 Å². The van der Waals surface area contributed by atoms with Crippen molar-refractivity contribution in [1.29, 1.82) is 0 Å². The molecule has 13 rings (SSSR count). The third-order valence-electron chi connectivity index (χ3n) is 14.6. The van der Waals surface area contributed by atoms with Gasteiger partial charge in [-0.15, -0.1) is 0 Å². The molecule has 6 aromatic rings. The van der Waals surface area contributed by atoms with Crippen LogP contribution in [0, 0.1) is 35.5 Å². The van der Waals surface area contributed by atoms with Crippen molar-refractivity contribution < 1.29 is 0 Å². The second-order valence-corrected chi connectivity index (χ2v) is 17.9. The van der Waals surface area contributed by atoms with Crippen LogP contribution in [0.5, 0.6) is 0 Å². The summed E-state index contributed by atoms with van der Waals surface area (Å²) >= 11 is 0. The highest BCUT2D eigenvalue weighted by molar-refractivity contribution is 6.30. The van der Waals surface area contributed by atoms with E-state index >= 15 is 0 Å². The maximum absolute atomic E-state index is 6.11. The van der Waals surface area contributed by atoms with Crippen LogP contribution in [0.25, 0.3) is 27.5 Å². The first-order valence-electron chi connectivity index (χ1n) is 22.8. The third kappa shape index (κ3) is 5.75.